The monoisotopic (exact) mass is 276 g/mol. The first kappa shape index (κ1) is 10.5. The fraction of sp³-hybridized carbons (Fsp3) is 0.0833. The van der Waals surface area contributed by atoms with E-state index < -0.39 is 10.7 Å². The fourth-order valence-corrected chi connectivity index (χ4v) is 4.54. The van der Waals surface area contributed by atoms with Crippen molar-refractivity contribution >= 4 is 49.8 Å². The number of thioether (sulfide) groups is 1. The number of nitrogens with one attached hydrogen (secondary N) is 1. The molecule has 0 spiro atoms. The van der Waals surface area contributed by atoms with Gasteiger partial charge in [0.2, 0.25) is 0 Å². The van der Waals surface area contributed by atoms with Crippen LogP contribution in [0.25, 0.3) is 10.8 Å². The lowest BCUT2D eigenvalue weighted by molar-refractivity contribution is 0.269. The number of carbonyl (C=O) groups excluding carboxylic acids is 1. The van der Waals surface area contributed by atoms with Crippen LogP contribution < -0.4 is 5.32 Å². The number of hydrogen-bond donors (Lipinski definition) is 2. The predicted octanol–water partition coefficient (Wildman–Crippen LogP) is 3.23. The van der Waals surface area contributed by atoms with E-state index in [9.17, 15) is 9.90 Å². The molecule has 2 aromatic carbocycles. The van der Waals surface area contributed by atoms with Gasteiger partial charge in [0.1, 0.15) is 5.94 Å². The summed E-state index contributed by atoms with van der Waals surface area (Å²) >= 11 is 1.21. The molecule has 2 aliphatic heterocycles. The molecule has 2 N–H and O–H groups in total. The molecule has 2 aliphatic rings. The van der Waals surface area contributed by atoms with Gasteiger partial charge in [-0.3, -0.25) is 4.79 Å². The Balaban J connectivity index is 2.14. The predicted molar refractivity (Wildman–Crippen MR) is 73.6 cm³/mol. The number of benzene rings is 2. The lowest BCUT2D eigenvalue weighted by atomic mass is 10.1. The number of aliphatic hydroxyl groups is 1. The normalized spacial score (nSPS) is 19.8. The first-order valence-electron chi connectivity index (χ1n) is 5.40. The van der Waals surface area contributed by atoms with Crippen LogP contribution in [-0.4, -0.2) is 16.3 Å². The summed E-state index contributed by atoms with van der Waals surface area (Å²) in [6.07, 6.45) is 0. The van der Waals surface area contributed by atoms with E-state index in [1.807, 2.05) is 24.3 Å². The maximum atomic E-state index is 11.6. The number of anilines is 1. The number of rotatable bonds is 1. The molecule has 0 saturated carbocycles. The van der Waals surface area contributed by atoms with Crippen molar-refractivity contribution in [2.75, 3.05) is 11.3 Å². The first-order valence-corrected chi connectivity index (χ1v) is 7.57. The average Bonchev–Trinajstić information content (AvgIpc) is 2.75. The highest BCUT2D eigenvalue weighted by Crippen LogP contribution is 2.47. The van der Waals surface area contributed by atoms with E-state index in [0.717, 1.165) is 31.9 Å². The van der Waals surface area contributed by atoms with E-state index >= 15 is 0 Å². The Hall–Kier alpha value is -1.37. The summed E-state index contributed by atoms with van der Waals surface area (Å²) in [6.45, 7) is 0. The minimum absolute atomic E-state index is 0.0396. The van der Waals surface area contributed by atoms with E-state index in [1.54, 1.807) is 0 Å². The number of carbonyl (C=O) groups is 1. The molecule has 90 valence electrons. The summed E-state index contributed by atoms with van der Waals surface area (Å²) in [5.74, 6) is 0.0396. The molecular formula is C12H8N2O2S2. The van der Waals surface area contributed by atoms with Crippen molar-refractivity contribution in [2.45, 2.75) is 9.79 Å². The van der Waals surface area contributed by atoms with Crippen molar-refractivity contribution in [3.8, 4) is 0 Å². The Labute approximate surface area is 109 Å². The molecule has 1 atom stereocenters. The van der Waals surface area contributed by atoms with E-state index in [-0.39, 0.29) is 11.2 Å². The van der Waals surface area contributed by atoms with Gasteiger partial charge in [0, 0.05) is 20.6 Å². The smallest absolute Gasteiger partial charge is 0.288 e. The molecule has 0 saturated heterocycles. The van der Waals surface area contributed by atoms with Crippen molar-refractivity contribution in [3.63, 3.8) is 0 Å². The Morgan fingerprint density at radius 2 is 2.17 bits per heavy atom. The Morgan fingerprint density at radius 3 is 3.00 bits per heavy atom. The highest BCUT2D eigenvalue weighted by Gasteiger charge is 2.25. The van der Waals surface area contributed by atoms with Crippen molar-refractivity contribution in [3.05, 3.63) is 24.3 Å². The fourth-order valence-electron chi connectivity index (χ4n) is 2.38. The molecule has 4 nitrogen and oxygen atoms in total. The number of nitrogens with zero attached hydrogens (tertiary/aromatic N) is 1. The summed E-state index contributed by atoms with van der Waals surface area (Å²) in [4.78, 5) is 13.6. The summed E-state index contributed by atoms with van der Waals surface area (Å²) in [5, 5.41) is 14.3. The molecule has 0 aromatic heterocycles. The topological polar surface area (TPSA) is 61.7 Å². The zero-order valence-electron chi connectivity index (χ0n) is 9.14. The van der Waals surface area contributed by atoms with E-state index in [4.69, 9.17) is 0 Å². The van der Waals surface area contributed by atoms with Gasteiger partial charge < -0.3 is 10.4 Å². The van der Waals surface area contributed by atoms with Gasteiger partial charge in [0.15, 0.2) is 0 Å². The highest BCUT2D eigenvalue weighted by molar-refractivity contribution is 8.14. The third-order valence-corrected chi connectivity index (χ3v) is 5.44. The average molecular weight is 276 g/mol. The number of amides is 1. The Morgan fingerprint density at radius 1 is 1.28 bits per heavy atom. The van der Waals surface area contributed by atoms with Gasteiger partial charge in [-0.25, -0.2) is 4.36 Å². The molecule has 2 heterocycles. The number of hydrogen-bond acceptors (Lipinski definition) is 4. The lowest BCUT2D eigenvalue weighted by Crippen LogP contribution is -2.10. The number of aliphatic hydroxyl groups excluding tert-OH is 1. The lowest BCUT2D eigenvalue weighted by Gasteiger charge is -2.17. The van der Waals surface area contributed by atoms with Crippen molar-refractivity contribution in [1.82, 2.24) is 0 Å². The maximum absolute atomic E-state index is 11.6. The van der Waals surface area contributed by atoms with Gasteiger partial charge in [0.05, 0.1) is 11.4 Å². The van der Waals surface area contributed by atoms with Crippen LogP contribution in [-0.2, 0) is 10.7 Å². The standard InChI is InChI=1S/C12H8N2O2S2/c15-5-18-9-4-2-6-10-8(17-12(16)13-6)3-1-7(14-18)11(9)10/h1-4,15H,5H2,(H,13,16). The van der Waals surface area contributed by atoms with Crippen LogP contribution >= 0.6 is 11.8 Å². The zero-order chi connectivity index (χ0) is 12.3. The van der Waals surface area contributed by atoms with Crippen molar-refractivity contribution < 1.29 is 9.90 Å². The Kier molecular flexibility index (Phi) is 2.09. The van der Waals surface area contributed by atoms with Crippen LogP contribution in [0, 0.1) is 0 Å². The Bertz CT molecular complexity index is 741. The van der Waals surface area contributed by atoms with E-state index in [1.165, 1.54) is 11.8 Å². The van der Waals surface area contributed by atoms with Crippen LogP contribution in [0.5, 0.6) is 0 Å². The zero-order valence-corrected chi connectivity index (χ0v) is 10.8. The van der Waals surface area contributed by atoms with E-state index in [0.29, 0.717) is 0 Å². The molecule has 0 aliphatic carbocycles. The largest absolute Gasteiger partial charge is 0.384 e. The molecule has 6 heteroatoms. The van der Waals surface area contributed by atoms with Crippen LogP contribution in [0.3, 0.4) is 0 Å². The van der Waals surface area contributed by atoms with Crippen LogP contribution in [0.15, 0.2) is 38.4 Å². The van der Waals surface area contributed by atoms with Crippen molar-refractivity contribution in [1.29, 1.82) is 0 Å². The molecule has 0 radical (unpaired) electrons. The van der Waals surface area contributed by atoms with E-state index in [2.05, 4.69) is 9.68 Å². The second-order valence-corrected chi connectivity index (χ2v) is 6.67. The maximum Gasteiger partial charge on any atom is 0.288 e. The summed E-state index contributed by atoms with van der Waals surface area (Å²) < 4.78 is 4.53. The first-order chi connectivity index (χ1) is 8.78. The van der Waals surface area contributed by atoms with Gasteiger partial charge in [-0.15, -0.1) is 0 Å². The van der Waals surface area contributed by atoms with Gasteiger partial charge in [0.25, 0.3) is 5.24 Å². The van der Waals surface area contributed by atoms with Gasteiger partial charge in [-0.2, -0.15) is 0 Å². The molecule has 1 unspecified atom stereocenters. The third kappa shape index (κ3) is 1.25. The van der Waals surface area contributed by atoms with Crippen LogP contribution in [0.4, 0.5) is 16.2 Å². The van der Waals surface area contributed by atoms with Crippen molar-refractivity contribution in [2.24, 2.45) is 4.36 Å². The quantitative estimate of drug-likeness (QED) is 0.840. The molecule has 2 aromatic rings. The molecule has 0 bridgehead atoms. The second kappa shape index (κ2) is 3.57. The van der Waals surface area contributed by atoms with Gasteiger partial charge in [-0.05, 0) is 46.7 Å². The van der Waals surface area contributed by atoms with Crippen LogP contribution in [0.2, 0.25) is 0 Å². The summed E-state index contributed by atoms with van der Waals surface area (Å²) in [5.41, 5.74) is 1.76. The molecule has 4 rings (SSSR count). The van der Waals surface area contributed by atoms with Gasteiger partial charge in [-0.1, -0.05) is 0 Å². The molecule has 18 heavy (non-hydrogen) atoms. The van der Waals surface area contributed by atoms with Gasteiger partial charge >= 0.3 is 0 Å². The highest BCUT2D eigenvalue weighted by atomic mass is 32.2. The second-order valence-electron chi connectivity index (χ2n) is 4.04. The SMILES string of the molecule is O=C1Nc2ccc3c4c(ccc(c24)S1)N=S3CO. The minimum atomic E-state index is -0.462. The molecule has 0 fully saturated rings. The molecular weight excluding hydrogens is 268 g/mol. The molecule has 1 amide bonds. The van der Waals surface area contributed by atoms with Crippen LogP contribution in [0.1, 0.15) is 0 Å². The minimum Gasteiger partial charge on any atom is -0.384 e. The summed E-state index contributed by atoms with van der Waals surface area (Å²) in [7, 11) is -0.462. The third-order valence-electron chi connectivity index (χ3n) is 3.09. The summed E-state index contributed by atoms with van der Waals surface area (Å²) in [6, 6.07) is 7.72.